The molecule has 12 heavy (non-hydrogen) atoms. The van der Waals surface area contributed by atoms with Crippen molar-refractivity contribution in [1.29, 1.82) is 0 Å². The van der Waals surface area contributed by atoms with Gasteiger partial charge in [0.2, 0.25) is 6.39 Å². The van der Waals surface area contributed by atoms with E-state index in [9.17, 15) is 21.6 Å². The van der Waals surface area contributed by atoms with Gasteiger partial charge in [0.15, 0.2) is 0 Å². The molecule has 1 heterocycles. The molecule has 0 bridgehead atoms. The van der Waals surface area contributed by atoms with Crippen molar-refractivity contribution >= 4 is 9.84 Å². The number of hydrogen-bond donors (Lipinski definition) is 0. The lowest BCUT2D eigenvalue weighted by Gasteiger charge is -2.01. The van der Waals surface area contributed by atoms with Crippen LogP contribution in [0.2, 0.25) is 0 Å². The maximum Gasteiger partial charge on any atom is 0.506 e. The van der Waals surface area contributed by atoms with Gasteiger partial charge < -0.3 is 4.42 Å². The summed E-state index contributed by atoms with van der Waals surface area (Å²) in [6.45, 7) is 0. The van der Waals surface area contributed by atoms with Gasteiger partial charge in [0.1, 0.15) is 0 Å². The van der Waals surface area contributed by atoms with Crippen LogP contribution in [0.3, 0.4) is 0 Å². The zero-order chi connectivity index (χ0) is 9.41. The first-order chi connectivity index (χ1) is 5.36. The minimum absolute atomic E-state index is 0.499. The minimum Gasteiger partial charge on any atom is -0.415 e. The Morgan fingerprint density at radius 3 is 2.33 bits per heavy atom. The number of sulfone groups is 1. The van der Waals surface area contributed by atoms with Crippen LogP contribution < -0.4 is 0 Å². The largest absolute Gasteiger partial charge is 0.506 e. The standard InChI is InChI=1S/C3HF3N2O3S/c4-3(5,6)12(9,10)2-8-7-1-11-2/h1H. The van der Waals surface area contributed by atoms with Crippen molar-refractivity contribution < 1.29 is 26.0 Å². The van der Waals surface area contributed by atoms with Gasteiger partial charge in [0.25, 0.3) is 0 Å². The molecule has 5 nitrogen and oxygen atoms in total. The number of hydrogen-bond acceptors (Lipinski definition) is 5. The van der Waals surface area contributed by atoms with E-state index in [0.717, 1.165) is 0 Å². The average Bonchev–Trinajstić information content (AvgIpc) is 2.34. The summed E-state index contributed by atoms with van der Waals surface area (Å²) in [5.74, 6) is 0. The number of alkyl halides is 3. The van der Waals surface area contributed by atoms with Crippen LogP contribution in [0.5, 0.6) is 0 Å². The number of nitrogens with zero attached hydrogens (tertiary/aromatic N) is 2. The Bertz CT molecular complexity index is 353. The number of aromatic nitrogens is 2. The molecule has 9 heteroatoms. The van der Waals surface area contributed by atoms with Gasteiger partial charge in [-0.25, -0.2) is 8.42 Å². The molecule has 0 saturated carbocycles. The van der Waals surface area contributed by atoms with Gasteiger partial charge >= 0.3 is 20.6 Å². The summed E-state index contributed by atoms with van der Waals surface area (Å²) >= 11 is 0. The highest BCUT2D eigenvalue weighted by Gasteiger charge is 2.50. The van der Waals surface area contributed by atoms with Crippen molar-refractivity contribution in [2.24, 2.45) is 0 Å². The highest BCUT2D eigenvalue weighted by molar-refractivity contribution is 7.92. The zero-order valence-corrected chi connectivity index (χ0v) is 6.06. The van der Waals surface area contributed by atoms with Crippen LogP contribution in [0.15, 0.2) is 16.0 Å². The van der Waals surface area contributed by atoms with E-state index in [2.05, 4.69) is 14.6 Å². The highest BCUT2D eigenvalue weighted by Crippen LogP contribution is 2.28. The molecule has 0 N–H and O–H groups in total. The second-order valence-corrected chi connectivity index (χ2v) is 3.47. The quantitative estimate of drug-likeness (QED) is 0.657. The lowest BCUT2D eigenvalue weighted by Crippen LogP contribution is -2.23. The van der Waals surface area contributed by atoms with Crippen molar-refractivity contribution in [3.63, 3.8) is 0 Å². The highest BCUT2D eigenvalue weighted by atomic mass is 32.2. The van der Waals surface area contributed by atoms with E-state index in [1.54, 1.807) is 0 Å². The molecule has 0 aromatic carbocycles. The third kappa shape index (κ3) is 1.26. The summed E-state index contributed by atoms with van der Waals surface area (Å²) < 4.78 is 59.7. The minimum atomic E-state index is -5.47. The lowest BCUT2D eigenvalue weighted by molar-refractivity contribution is -0.0449. The predicted octanol–water partition coefficient (Wildman–Crippen LogP) is 0.363. The zero-order valence-electron chi connectivity index (χ0n) is 5.24. The first-order valence-electron chi connectivity index (χ1n) is 2.43. The lowest BCUT2D eigenvalue weighted by atomic mass is 11.5. The van der Waals surface area contributed by atoms with Gasteiger partial charge in [-0.1, -0.05) is 5.10 Å². The molecule has 68 valence electrons. The maximum absolute atomic E-state index is 11.7. The molecule has 0 aliphatic heterocycles. The fourth-order valence-electron chi connectivity index (χ4n) is 0.379. The smallest absolute Gasteiger partial charge is 0.415 e. The van der Waals surface area contributed by atoms with Crippen LogP contribution in [-0.4, -0.2) is 24.1 Å². The second kappa shape index (κ2) is 2.44. The van der Waals surface area contributed by atoms with E-state index in [0.29, 0.717) is 6.39 Å². The summed E-state index contributed by atoms with van der Waals surface area (Å²) in [5.41, 5.74) is -5.40. The second-order valence-electron chi connectivity index (χ2n) is 1.65. The van der Waals surface area contributed by atoms with Gasteiger partial charge in [-0.2, -0.15) is 13.2 Å². The molecule has 0 aliphatic rings. The maximum atomic E-state index is 11.7. The molecule has 1 rings (SSSR count). The Morgan fingerprint density at radius 1 is 1.42 bits per heavy atom. The molecule has 1 aromatic rings. The summed E-state index contributed by atoms with van der Waals surface area (Å²) in [7, 11) is -5.47. The Balaban J connectivity index is 3.22. The van der Waals surface area contributed by atoms with Crippen LogP contribution >= 0.6 is 0 Å². The van der Waals surface area contributed by atoms with Gasteiger partial charge in [-0.15, -0.1) is 5.10 Å². The summed E-state index contributed by atoms with van der Waals surface area (Å²) in [5, 5.41) is 3.99. The van der Waals surface area contributed by atoms with Crippen LogP contribution in [0, 0.1) is 0 Å². The van der Waals surface area contributed by atoms with E-state index >= 15 is 0 Å². The molecule has 0 radical (unpaired) electrons. The third-order valence-electron chi connectivity index (χ3n) is 0.875. The number of rotatable bonds is 1. The van der Waals surface area contributed by atoms with E-state index in [1.807, 2.05) is 0 Å². The average molecular weight is 202 g/mol. The van der Waals surface area contributed by atoms with Gasteiger partial charge in [0.05, 0.1) is 0 Å². The summed E-state index contributed by atoms with van der Waals surface area (Å²) in [4.78, 5) is 0. The van der Waals surface area contributed by atoms with Crippen molar-refractivity contribution in [3.8, 4) is 0 Å². The fourth-order valence-corrected chi connectivity index (χ4v) is 0.901. The van der Waals surface area contributed by atoms with E-state index in [1.165, 1.54) is 0 Å². The van der Waals surface area contributed by atoms with E-state index in [4.69, 9.17) is 0 Å². The molecule has 0 atom stereocenters. The molecule has 1 aromatic heterocycles. The van der Waals surface area contributed by atoms with Crippen molar-refractivity contribution in [2.45, 2.75) is 10.7 Å². The topological polar surface area (TPSA) is 73.1 Å². The predicted molar refractivity (Wildman–Crippen MR) is 27.5 cm³/mol. The number of halogens is 3. The fraction of sp³-hybridized carbons (Fsp3) is 0.333. The summed E-state index contributed by atoms with van der Waals surface area (Å²) in [6, 6.07) is 0. The van der Waals surface area contributed by atoms with E-state index in [-0.39, 0.29) is 0 Å². The first-order valence-corrected chi connectivity index (χ1v) is 3.91. The van der Waals surface area contributed by atoms with Gasteiger partial charge in [-0.3, -0.25) is 0 Å². The first kappa shape index (κ1) is 8.97. The van der Waals surface area contributed by atoms with Crippen molar-refractivity contribution in [3.05, 3.63) is 6.39 Å². The molecular weight excluding hydrogens is 201 g/mol. The van der Waals surface area contributed by atoms with Gasteiger partial charge in [0, 0.05) is 0 Å². The summed E-state index contributed by atoms with van der Waals surface area (Å²) in [6.07, 6.45) is 0.499. The van der Waals surface area contributed by atoms with Crippen LogP contribution in [0.1, 0.15) is 0 Å². The monoisotopic (exact) mass is 202 g/mol. The van der Waals surface area contributed by atoms with Gasteiger partial charge in [-0.05, 0) is 0 Å². The Hall–Kier alpha value is -1.12. The molecule has 0 saturated heterocycles. The normalized spacial score (nSPS) is 13.2. The molecule has 0 aliphatic carbocycles. The third-order valence-corrected chi connectivity index (χ3v) is 2.12. The van der Waals surface area contributed by atoms with Crippen molar-refractivity contribution in [2.75, 3.05) is 0 Å². The van der Waals surface area contributed by atoms with Crippen molar-refractivity contribution in [1.82, 2.24) is 10.2 Å². The Labute approximate surface area is 64.1 Å². The van der Waals surface area contributed by atoms with Crippen LogP contribution in [0.25, 0.3) is 0 Å². The van der Waals surface area contributed by atoms with Crippen LogP contribution in [0.4, 0.5) is 13.2 Å². The van der Waals surface area contributed by atoms with Crippen LogP contribution in [-0.2, 0) is 9.84 Å². The Kier molecular flexibility index (Phi) is 1.82. The molecule has 0 fully saturated rings. The molecule has 0 unspecified atom stereocenters. The molecule has 0 spiro atoms. The SMILES string of the molecule is O=S(=O)(c1nnco1)C(F)(F)F. The molecule has 0 amide bonds. The Morgan fingerprint density at radius 2 is 2.00 bits per heavy atom. The molecular formula is C3HF3N2O3S. The van der Waals surface area contributed by atoms with E-state index < -0.39 is 20.6 Å².